The van der Waals surface area contributed by atoms with E-state index in [1.165, 1.54) is 11.8 Å². The van der Waals surface area contributed by atoms with Gasteiger partial charge in [0.25, 0.3) is 0 Å². The second kappa shape index (κ2) is 6.51. The third kappa shape index (κ3) is 3.80. The lowest BCUT2D eigenvalue weighted by atomic mass is 10.2. The van der Waals surface area contributed by atoms with Gasteiger partial charge in [-0.25, -0.2) is 0 Å². The van der Waals surface area contributed by atoms with Crippen molar-refractivity contribution in [2.24, 2.45) is 0 Å². The van der Waals surface area contributed by atoms with E-state index in [-0.39, 0.29) is 17.8 Å². The zero-order valence-corrected chi connectivity index (χ0v) is 12.4. The van der Waals surface area contributed by atoms with Crippen LogP contribution in [0.1, 0.15) is 19.4 Å². The Bertz CT molecular complexity index is 598. The first kappa shape index (κ1) is 14.5. The number of esters is 1. The number of carbonyl (C=O) groups excluding carboxylic acids is 1. The Balaban J connectivity index is 2.08. The number of tetrazole rings is 1. The van der Waals surface area contributed by atoms with Gasteiger partial charge in [0.1, 0.15) is 0 Å². The van der Waals surface area contributed by atoms with E-state index in [1.807, 2.05) is 45.0 Å². The highest BCUT2D eigenvalue weighted by Crippen LogP contribution is 2.19. The Morgan fingerprint density at radius 3 is 2.95 bits per heavy atom. The summed E-state index contributed by atoms with van der Waals surface area (Å²) in [6.45, 7) is 5.64. The minimum Gasteiger partial charge on any atom is -0.462 e. The maximum atomic E-state index is 11.5. The van der Waals surface area contributed by atoms with Crippen LogP contribution in [0, 0.1) is 6.92 Å². The van der Waals surface area contributed by atoms with Gasteiger partial charge in [-0.05, 0) is 48.9 Å². The van der Waals surface area contributed by atoms with Crippen LogP contribution in [0.15, 0.2) is 29.4 Å². The van der Waals surface area contributed by atoms with Crippen molar-refractivity contribution in [3.63, 3.8) is 0 Å². The zero-order valence-electron chi connectivity index (χ0n) is 11.6. The molecule has 0 saturated heterocycles. The van der Waals surface area contributed by atoms with E-state index < -0.39 is 0 Å². The Morgan fingerprint density at radius 2 is 2.25 bits per heavy atom. The van der Waals surface area contributed by atoms with Crippen LogP contribution in [-0.2, 0) is 9.53 Å². The number of rotatable bonds is 5. The van der Waals surface area contributed by atoms with Gasteiger partial charge < -0.3 is 4.74 Å². The van der Waals surface area contributed by atoms with Crippen molar-refractivity contribution < 1.29 is 9.53 Å². The van der Waals surface area contributed by atoms with Crippen molar-refractivity contribution in [2.75, 3.05) is 5.75 Å². The number of benzene rings is 1. The van der Waals surface area contributed by atoms with E-state index >= 15 is 0 Å². The average Bonchev–Trinajstić information content (AvgIpc) is 2.84. The molecule has 2 aromatic rings. The SMILES string of the molecule is Cc1cccc(-n2nnnc2SCC(=O)OC(C)C)c1. The second-order valence-electron chi connectivity index (χ2n) is 4.54. The smallest absolute Gasteiger partial charge is 0.316 e. The molecule has 106 valence electrons. The van der Waals surface area contributed by atoms with Gasteiger partial charge in [-0.1, -0.05) is 23.9 Å². The number of carbonyl (C=O) groups is 1. The molecule has 1 heterocycles. The summed E-state index contributed by atoms with van der Waals surface area (Å²) in [5.41, 5.74) is 1.99. The quantitative estimate of drug-likeness (QED) is 0.620. The molecular weight excluding hydrogens is 276 g/mol. The fourth-order valence-electron chi connectivity index (χ4n) is 1.61. The van der Waals surface area contributed by atoms with Crippen LogP contribution >= 0.6 is 11.8 Å². The minimum atomic E-state index is -0.274. The van der Waals surface area contributed by atoms with Crippen LogP contribution in [0.25, 0.3) is 5.69 Å². The predicted octanol–water partition coefficient (Wildman–Crippen LogP) is 2.01. The maximum Gasteiger partial charge on any atom is 0.316 e. The van der Waals surface area contributed by atoms with Crippen molar-refractivity contribution in [3.05, 3.63) is 29.8 Å². The topological polar surface area (TPSA) is 69.9 Å². The molecule has 6 nitrogen and oxygen atoms in total. The molecule has 7 heteroatoms. The van der Waals surface area contributed by atoms with Gasteiger partial charge in [-0.15, -0.1) is 5.10 Å². The molecule has 0 unspecified atom stereocenters. The molecular formula is C13H16N4O2S. The van der Waals surface area contributed by atoms with Crippen molar-refractivity contribution in [1.82, 2.24) is 20.2 Å². The first-order valence-electron chi connectivity index (χ1n) is 6.24. The summed E-state index contributed by atoms with van der Waals surface area (Å²) in [4.78, 5) is 11.5. The predicted molar refractivity (Wildman–Crippen MR) is 75.8 cm³/mol. The molecule has 0 bridgehead atoms. The summed E-state index contributed by atoms with van der Waals surface area (Å²) in [5.74, 6) is -0.0894. The Hall–Kier alpha value is -1.89. The Morgan fingerprint density at radius 1 is 1.45 bits per heavy atom. The van der Waals surface area contributed by atoms with E-state index in [1.54, 1.807) is 4.68 Å². The van der Waals surface area contributed by atoms with Gasteiger partial charge in [0, 0.05) is 0 Å². The molecule has 0 fully saturated rings. The number of hydrogen-bond donors (Lipinski definition) is 0. The van der Waals surface area contributed by atoms with Crippen molar-refractivity contribution >= 4 is 17.7 Å². The van der Waals surface area contributed by atoms with Gasteiger partial charge in [-0.2, -0.15) is 4.68 Å². The van der Waals surface area contributed by atoms with Crippen LogP contribution in [0.4, 0.5) is 0 Å². The summed E-state index contributed by atoms with van der Waals surface area (Å²) in [5, 5.41) is 12.1. The fourth-order valence-corrected chi connectivity index (χ4v) is 2.28. The largest absolute Gasteiger partial charge is 0.462 e. The number of ether oxygens (including phenoxy) is 1. The number of hydrogen-bond acceptors (Lipinski definition) is 6. The zero-order chi connectivity index (χ0) is 14.5. The molecule has 0 atom stereocenters. The summed E-state index contributed by atoms with van der Waals surface area (Å²) >= 11 is 1.26. The van der Waals surface area contributed by atoms with Crippen molar-refractivity contribution in [1.29, 1.82) is 0 Å². The molecule has 0 saturated carbocycles. The number of aryl methyl sites for hydroxylation is 1. The summed E-state index contributed by atoms with van der Waals surface area (Å²) in [6.07, 6.45) is -0.115. The molecule has 0 radical (unpaired) electrons. The van der Waals surface area contributed by atoms with Crippen LogP contribution in [0.3, 0.4) is 0 Å². The summed E-state index contributed by atoms with van der Waals surface area (Å²) in [7, 11) is 0. The second-order valence-corrected chi connectivity index (χ2v) is 5.48. The van der Waals surface area contributed by atoms with Gasteiger partial charge in [0.15, 0.2) is 0 Å². The van der Waals surface area contributed by atoms with Gasteiger partial charge in [0.05, 0.1) is 17.5 Å². The molecule has 0 spiro atoms. The minimum absolute atomic E-state index is 0.115. The molecule has 0 aliphatic heterocycles. The first-order chi connectivity index (χ1) is 9.56. The average molecular weight is 292 g/mol. The van der Waals surface area contributed by atoms with Crippen LogP contribution in [0.2, 0.25) is 0 Å². The van der Waals surface area contributed by atoms with Gasteiger partial charge >= 0.3 is 5.97 Å². The molecule has 20 heavy (non-hydrogen) atoms. The maximum absolute atomic E-state index is 11.5. The Kier molecular flexibility index (Phi) is 4.73. The highest BCUT2D eigenvalue weighted by atomic mass is 32.2. The molecule has 1 aromatic heterocycles. The standard InChI is InChI=1S/C13H16N4O2S/c1-9(2)19-12(18)8-20-13-14-15-16-17(13)11-6-4-5-10(3)7-11/h4-7,9H,8H2,1-3H3. The number of thioether (sulfide) groups is 1. The lowest BCUT2D eigenvalue weighted by Gasteiger charge is -2.07. The third-order valence-corrected chi connectivity index (χ3v) is 3.27. The molecule has 0 N–H and O–H groups in total. The molecule has 1 aromatic carbocycles. The highest BCUT2D eigenvalue weighted by molar-refractivity contribution is 7.99. The molecule has 2 rings (SSSR count). The summed E-state index contributed by atoms with van der Waals surface area (Å²) in [6, 6.07) is 7.83. The summed E-state index contributed by atoms with van der Waals surface area (Å²) < 4.78 is 6.69. The van der Waals surface area contributed by atoms with Gasteiger partial charge in [-0.3, -0.25) is 4.79 Å². The fraction of sp³-hybridized carbons (Fsp3) is 0.385. The monoisotopic (exact) mass is 292 g/mol. The van der Waals surface area contributed by atoms with Crippen LogP contribution < -0.4 is 0 Å². The van der Waals surface area contributed by atoms with Crippen LogP contribution in [-0.4, -0.2) is 38.0 Å². The first-order valence-corrected chi connectivity index (χ1v) is 7.22. The lowest BCUT2D eigenvalue weighted by Crippen LogP contribution is -2.13. The molecule has 0 amide bonds. The normalized spacial score (nSPS) is 10.8. The van der Waals surface area contributed by atoms with E-state index in [9.17, 15) is 4.79 Å². The number of nitrogens with zero attached hydrogens (tertiary/aromatic N) is 4. The van der Waals surface area contributed by atoms with E-state index in [2.05, 4.69) is 15.5 Å². The van der Waals surface area contributed by atoms with E-state index in [0.717, 1.165) is 11.3 Å². The molecule has 0 aliphatic carbocycles. The van der Waals surface area contributed by atoms with Crippen molar-refractivity contribution in [2.45, 2.75) is 32.0 Å². The Labute approximate surface area is 121 Å². The highest BCUT2D eigenvalue weighted by Gasteiger charge is 2.13. The lowest BCUT2D eigenvalue weighted by molar-refractivity contribution is -0.144. The number of aromatic nitrogens is 4. The van der Waals surface area contributed by atoms with Crippen LogP contribution in [0.5, 0.6) is 0 Å². The van der Waals surface area contributed by atoms with E-state index in [0.29, 0.717) is 5.16 Å². The third-order valence-electron chi connectivity index (χ3n) is 2.37. The van der Waals surface area contributed by atoms with E-state index in [4.69, 9.17) is 4.74 Å². The van der Waals surface area contributed by atoms with Gasteiger partial charge in [0.2, 0.25) is 5.16 Å². The molecule has 0 aliphatic rings. The van der Waals surface area contributed by atoms with Crippen molar-refractivity contribution in [3.8, 4) is 5.69 Å².